The maximum atomic E-state index is 12.9. The first-order chi connectivity index (χ1) is 13.6. The van der Waals surface area contributed by atoms with Gasteiger partial charge >= 0.3 is 0 Å². The molecule has 0 radical (unpaired) electrons. The van der Waals surface area contributed by atoms with Crippen LogP contribution in [0.1, 0.15) is 54.6 Å². The zero-order valence-corrected chi connectivity index (χ0v) is 16.9. The maximum absolute atomic E-state index is 12.9. The van der Waals surface area contributed by atoms with E-state index in [1.54, 1.807) is 6.20 Å². The lowest BCUT2D eigenvalue weighted by atomic mass is 9.79. The summed E-state index contributed by atoms with van der Waals surface area (Å²) in [4.78, 5) is 33.5. The van der Waals surface area contributed by atoms with Crippen LogP contribution in [0.25, 0.3) is 0 Å². The lowest BCUT2D eigenvalue weighted by Crippen LogP contribution is -2.57. The number of carbonyl (C=O) groups is 2. The molecule has 3 fully saturated rings. The summed E-state index contributed by atoms with van der Waals surface area (Å²) in [6, 6.07) is 4.20. The molecule has 6 nitrogen and oxygen atoms in total. The van der Waals surface area contributed by atoms with Crippen LogP contribution in [0.4, 0.5) is 0 Å². The average molecular weight is 385 g/mol. The number of aryl methyl sites for hydroxylation is 1. The number of fused-ring (bicyclic) bond motifs is 2. The number of likely N-dealkylation sites (tertiary alicyclic amines) is 2. The second-order valence-electron chi connectivity index (χ2n) is 8.76. The molecule has 0 aromatic carbocycles. The molecule has 3 aliphatic heterocycles. The lowest BCUT2D eigenvalue weighted by molar-refractivity contribution is -0.130. The third-order valence-electron chi connectivity index (χ3n) is 6.62. The van der Waals surface area contributed by atoms with Gasteiger partial charge in [0, 0.05) is 50.5 Å². The van der Waals surface area contributed by atoms with Gasteiger partial charge in [0.2, 0.25) is 5.91 Å². The van der Waals surface area contributed by atoms with Crippen LogP contribution in [-0.4, -0.2) is 65.4 Å². The minimum atomic E-state index is 0.104. The molecule has 1 aromatic rings. The van der Waals surface area contributed by atoms with Gasteiger partial charge in [0.15, 0.2) is 0 Å². The second kappa shape index (κ2) is 8.60. The van der Waals surface area contributed by atoms with Crippen LogP contribution in [0, 0.1) is 18.8 Å². The molecule has 4 heterocycles. The van der Waals surface area contributed by atoms with Crippen molar-refractivity contribution in [2.75, 3.05) is 32.7 Å². The second-order valence-corrected chi connectivity index (χ2v) is 8.76. The Kier molecular flexibility index (Phi) is 5.95. The van der Waals surface area contributed by atoms with Crippen LogP contribution >= 0.6 is 0 Å². The van der Waals surface area contributed by atoms with Gasteiger partial charge in [-0.15, -0.1) is 0 Å². The normalized spacial score (nSPS) is 27.1. The highest BCUT2D eigenvalue weighted by Gasteiger charge is 2.38. The van der Waals surface area contributed by atoms with Gasteiger partial charge in [0.25, 0.3) is 5.91 Å². The van der Waals surface area contributed by atoms with E-state index in [1.165, 1.54) is 6.42 Å². The van der Waals surface area contributed by atoms with Crippen molar-refractivity contribution in [2.45, 2.75) is 51.5 Å². The monoisotopic (exact) mass is 384 g/mol. The maximum Gasteiger partial charge on any atom is 0.255 e. The van der Waals surface area contributed by atoms with Gasteiger partial charge in [-0.05, 0) is 69.5 Å². The van der Waals surface area contributed by atoms with E-state index >= 15 is 0 Å². The number of carbonyl (C=O) groups excluding carboxylic acids is 2. The van der Waals surface area contributed by atoms with Crippen molar-refractivity contribution >= 4 is 11.8 Å². The standard InChI is InChI=1S/C22H32N4O2/c1-16-7-8-18(13-23-16)22(28)26-14-17-11-19(15-26)20(24-12-17)5-4-6-21(27)25-9-2-3-10-25/h7-8,13,17,19-20,24H,2-6,9-12,14-15H2,1H3/t17?,19?,20-/m1/s1. The zero-order chi connectivity index (χ0) is 19.5. The Balaban J connectivity index is 1.30. The summed E-state index contributed by atoms with van der Waals surface area (Å²) >= 11 is 0. The highest BCUT2D eigenvalue weighted by atomic mass is 16.2. The summed E-state index contributed by atoms with van der Waals surface area (Å²) in [5.74, 6) is 1.44. The van der Waals surface area contributed by atoms with E-state index in [1.807, 2.05) is 28.9 Å². The Morgan fingerprint density at radius 1 is 1.18 bits per heavy atom. The summed E-state index contributed by atoms with van der Waals surface area (Å²) in [5.41, 5.74) is 1.62. The average Bonchev–Trinajstić information content (AvgIpc) is 3.24. The fourth-order valence-corrected chi connectivity index (χ4v) is 5.05. The highest BCUT2D eigenvalue weighted by molar-refractivity contribution is 5.94. The van der Waals surface area contributed by atoms with Crippen LogP contribution in [-0.2, 0) is 4.79 Å². The van der Waals surface area contributed by atoms with Gasteiger partial charge in [-0.25, -0.2) is 0 Å². The molecule has 152 valence electrons. The van der Waals surface area contributed by atoms with Gasteiger partial charge in [-0.1, -0.05) is 0 Å². The van der Waals surface area contributed by atoms with E-state index in [0.29, 0.717) is 35.8 Å². The minimum Gasteiger partial charge on any atom is -0.343 e. The van der Waals surface area contributed by atoms with Gasteiger partial charge < -0.3 is 15.1 Å². The van der Waals surface area contributed by atoms with Crippen molar-refractivity contribution in [2.24, 2.45) is 11.8 Å². The largest absolute Gasteiger partial charge is 0.343 e. The number of pyridine rings is 1. The van der Waals surface area contributed by atoms with E-state index < -0.39 is 0 Å². The molecule has 28 heavy (non-hydrogen) atoms. The number of piperidine rings is 2. The number of rotatable bonds is 5. The molecule has 3 saturated heterocycles. The summed E-state index contributed by atoms with van der Waals surface area (Å²) in [7, 11) is 0. The van der Waals surface area contributed by atoms with Gasteiger partial charge in [0.05, 0.1) is 5.56 Å². The van der Waals surface area contributed by atoms with Gasteiger partial charge in [-0.2, -0.15) is 0 Å². The first kappa shape index (κ1) is 19.4. The third kappa shape index (κ3) is 4.37. The first-order valence-corrected chi connectivity index (χ1v) is 10.8. The van der Waals surface area contributed by atoms with Gasteiger partial charge in [-0.3, -0.25) is 14.6 Å². The molecule has 1 N–H and O–H groups in total. The molecule has 2 bridgehead atoms. The van der Waals surface area contributed by atoms with E-state index in [0.717, 1.165) is 64.1 Å². The smallest absolute Gasteiger partial charge is 0.255 e. The molecular formula is C22H32N4O2. The van der Waals surface area contributed by atoms with E-state index in [-0.39, 0.29) is 5.91 Å². The molecule has 0 aliphatic carbocycles. The Hall–Kier alpha value is -1.95. The van der Waals surface area contributed by atoms with E-state index in [4.69, 9.17) is 0 Å². The lowest BCUT2D eigenvalue weighted by Gasteiger charge is -2.46. The molecule has 3 aliphatic rings. The quantitative estimate of drug-likeness (QED) is 0.846. The first-order valence-electron chi connectivity index (χ1n) is 10.8. The van der Waals surface area contributed by atoms with Crippen LogP contribution in [0.5, 0.6) is 0 Å². The van der Waals surface area contributed by atoms with Crippen molar-refractivity contribution in [3.05, 3.63) is 29.6 Å². The fourth-order valence-electron chi connectivity index (χ4n) is 5.05. The molecule has 2 unspecified atom stereocenters. The molecule has 1 aromatic heterocycles. The molecule has 0 saturated carbocycles. The summed E-state index contributed by atoms with van der Waals surface area (Å²) in [5, 5.41) is 3.70. The van der Waals surface area contributed by atoms with Crippen LogP contribution in [0.15, 0.2) is 18.3 Å². The third-order valence-corrected chi connectivity index (χ3v) is 6.62. The van der Waals surface area contributed by atoms with Crippen LogP contribution in [0.3, 0.4) is 0 Å². The van der Waals surface area contributed by atoms with Crippen molar-refractivity contribution in [3.8, 4) is 0 Å². The highest BCUT2D eigenvalue weighted by Crippen LogP contribution is 2.31. The molecular weight excluding hydrogens is 352 g/mol. The van der Waals surface area contributed by atoms with Crippen LogP contribution < -0.4 is 5.32 Å². The Labute approximate surface area is 167 Å². The summed E-state index contributed by atoms with van der Waals surface area (Å²) < 4.78 is 0. The fraction of sp³-hybridized carbons (Fsp3) is 0.682. The number of aromatic nitrogens is 1. The Bertz CT molecular complexity index is 699. The number of hydrogen-bond donors (Lipinski definition) is 1. The predicted octanol–water partition coefficient (Wildman–Crippen LogP) is 2.23. The number of hydrogen-bond acceptors (Lipinski definition) is 4. The Morgan fingerprint density at radius 2 is 2.00 bits per heavy atom. The molecule has 6 heteroatoms. The molecule has 3 atom stereocenters. The predicted molar refractivity (Wildman–Crippen MR) is 108 cm³/mol. The topological polar surface area (TPSA) is 65.5 Å². The van der Waals surface area contributed by atoms with Crippen molar-refractivity contribution in [1.29, 1.82) is 0 Å². The SMILES string of the molecule is Cc1ccc(C(=O)N2CC3CN[C@H](CCCC(=O)N4CCCC4)C(C3)C2)cn1. The molecule has 4 rings (SSSR count). The van der Waals surface area contributed by atoms with Gasteiger partial charge in [0.1, 0.15) is 0 Å². The van der Waals surface area contributed by atoms with Crippen LogP contribution in [0.2, 0.25) is 0 Å². The summed E-state index contributed by atoms with van der Waals surface area (Å²) in [6.07, 6.45) is 7.80. The van der Waals surface area contributed by atoms with E-state index in [9.17, 15) is 9.59 Å². The number of amides is 2. The van der Waals surface area contributed by atoms with E-state index in [2.05, 4.69) is 10.3 Å². The minimum absolute atomic E-state index is 0.104. The molecule has 0 spiro atoms. The molecule has 2 amide bonds. The number of nitrogens with zero attached hydrogens (tertiary/aromatic N) is 3. The van der Waals surface area contributed by atoms with Crippen molar-refractivity contribution in [3.63, 3.8) is 0 Å². The number of nitrogens with one attached hydrogen (secondary N) is 1. The summed E-state index contributed by atoms with van der Waals surface area (Å²) in [6.45, 7) is 6.42. The zero-order valence-electron chi connectivity index (χ0n) is 16.9. The van der Waals surface area contributed by atoms with Crippen molar-refractivity contribution in [1.82, 2.24) is 20.1 Å². The van der Waals surface area contributed by atoms with Crippen molar-refractivity contribution < 1.29 is 9.59 Å². The Morgan fingerprint density at radius 3 is 2.75 bits per heavy atom.